The third-order valence-corrected chi connectivity index (χ3v) is 2.14. The van der Waals surface area contributed by atoms with E-state index in [9.17, 15) is 0 Å². The molecular formula is C23H35N3Zr. The fourth-order valence-corrected chi connectivity index (χ4v) is 1.11. The summed E-state index contributed by atoms with van der Waals surface area (Å²) in [5, 5.41) is 11.9. The summed E-state index contributed by atoms with van der Waals surface area (Å²) in [4.78, 5) is 0. The Morgan fingerprint density at radius 1 is 0.630 bits per heavy atom. The molecule has 1 aliphatic rings. The van der Waals surface area contributed by atoms with Gasteiger partial charge in [0.1, 0.15) is 0 Å². The van der Waals surface area contributed by atoms with E-state index in [1.165, 1.54) is 0 Å². The van der Waals surface area contributed by atoms with Crippen LogP contribution in [0.4, 0.5) is 0 Å². The van der Waals surface area contributed by atoms with E-state index < -0.39 is 0 Å². The van der Waals surface area contributed by atoms with Crippen molar-refractivity contribution in [1.29, 1.82) is 0 Å². The number of rotatable bonds is 12. The monoisotopic (exact) mass is 443 g/mol. The van der Waals surface area contributed by atoms with Gasteiger partial charge in [-0.15, -0.1) is 122 Å². The fourth-order valence-electron chi connectivity index (χ4n) is 1.11. The molecule has 0 aromatic heterocycles. The quantitative estimate of drug-likeness (QED) is 0.187. The predicted molar refractivity (Wildman–Crippen MR) is 122 cm³/mol. The van der Waals surface area contributed by atoms with Crippen molar-refractivity contribution in [3.8, 4) is 0 Å². The zero-order valence-corrected chi connectivity index (χ0v) is 19.2. The molecule has 0 spiro atoms. The second-order valence-electron chi connectivity index (χ2n) is 4.50. The first kappa shape index (κ1) is 33.3. The Labute approximate surface area is 187 Å². The van der Waals surface area contributed by atoms with Gasteiger partial charge in [0.2, 0.25) is 0 Å². The molecule has 0 heterocycles. The van der Waals surface area contributed by atoms with Crippen LogP contribution in [0.3, 0.4) is 0 Å². The van der Waals surface area contributed by atoms with E-state index in [2.05, 4.69) is 67.6 Å². The minimum Gasteiger partial charge on any atom is -0.656 e. The predicted octanol–water partition coefficient (Wildman–Crippen LogP) is 6.50. The van der Waals surface area contributed by atoms with Crippen LogP contribution in [0, 0.1) is 6.08 Å². The van der Waals surface area contributed by atoms with E-state index in [1.54, 1.807) is 36.5 Å². The Hall–Kier alpha value is -1.32. The van der Waals surface area contributed by atoms with Crippen molar-refractivity contribution in [2.45, 2.75) is 6.42 Å². The zero-order valence-electron chi connectivity index (χ0n) is 16.7. The van der Waals surface area contributed by atoms with Crippen LogP contribution in [-0.4, -0.2) is 39.3 Å². The number of hydrogen-bond donors (Lipinski definition) is 0. The average Bonchev–Trinajstić information content (AvgIpc) is 3.24. The van der Waals surface area contributed by atoms with Gasteiger partial charge in [-0.05, 0) is 0 Å². The molecule has 0 fully saturated rings. The summed E-state index contributed by atoms with van der Waals surface area (Å²) < 4.78 is 0. The molecule has 1 aliphatic carbocycles. The van der Waals surface area contributed by atoms with Crippen molar-refractivity contribution >= 4 is 0 Å². The van der Waals surface area contributed by atoms with Crippen molar-refractivity contribution < 1.29 is 26.2 Å². The van der Waals surface area contributed by atoms with Gasteiger partial charge < -0.3 is 16.0 Å². The van der Waals surface area contributed by atoms with Crippen molar-refractivity contribution in [1.82, 2.24) is 0 Å². The second kappa shape index (κ2) is 39.7. The molecule has 0 N–H and O–H groups in total. The van der Waals surface area contributed by atoms with Crippen LogP contribution in [0.2, 0.25) is 0 Å². The van der Waals surface area contributed by atoms with Gasteiger partial charge in [0.25, 0.3) is 0 Å². The average molecular weight is 445 g/mol. The van der Waals surface area contributed by atoms with E-state index >= 15 is 0 Å². The van der Waals surface area contributed by atoms with Crippen LogP contribution in [0.25, 0.3) is 16.0 Å². The van der Waals surface area contributed by atoms with Crippen LogP contribution in [0.15, 0.2) is 94.2 Å². The summed E-state index contributed by atoms with van der Waals surface area (Å²) in [5.74, 6) is 0. The standard InChI is InChI=1S/3C6H10N.C5H5.Zr/c3*1-3-5-7-6-4-2;1-2-4-5-3-1;/h3*3-4H,1-2,5-6H2;1-3H,4H2;/q4*-1;+4. The Morgan fingerprint density at radius 2 is 0.926 bits per heavy atom. The topological polar surface area (TPSA) is 42.3 Å². The molecule has 146 valence electrons. The summed E-state index contributed by atoms with van der Waals surface area (Å²) in [5.41, 5.74) is 0. The van der Waals surface area contributed by atoms with Crippen LogP contribution >= 0.6 is 0 Å². The summed E-state index contributed by atoms with van der Waals surface area (Å²) in [6, 6.07) is 0. The van der Waals surface area contributed by atoms with Crippen molar-refractivity contribution in [2.75, 3.05) is 39.3 Å². The summed E-state index contributed by atoms with van der Waals surface area (Å²) in [6.07, 6.45) is 20.6. The Balaban J connectivity index is -0.000000130. The number of nitrogens with zero attached hydrogens (tertiary/aromatic N) is 3. The molecule has 0 aromatic rings. The van der Waals surface area contributed by atoms with Gasteiger partial charge in [0.15, 0.2) is 0 Å². The van der Waals surface area contributed by atoms with Crippen molar-refractivity contribution in [2.24, 2.45) is 0 Å². The minimum absolute atomic E-state index is 0. The normalized spacial score (nSPS) is 9.48. The van der Waals surface area contributed by atoms with Crippen LogP contribution in [-0.2, 0) is 26.2 Å². The van der Waals surface area contributed by atoms with Crippen molar-refractivity contribution in [3.05, 3.63) is 116 Å². The number of hydrogen-bond acceptors (Lipinski definition) is 0. The van der Waals surface area contributed by atoms with E-state index in [-0.39, 0.29) is 26.2 Å². The van der Waals surface area contributed by atoms with Gasteiger partial charge in [0, 0.05) is 0 Å². The van der Waals surface area contributed by atoms with E-state index in [0.717, 1.165) is 45.7 Å². The fraction of sp³-hybridized carbons (Fsp3) is 0.304. The second-order valence-corrected chi connectivity index (χ2v) is 4.50. The molecule has 0 bridgehead atoms. The Bertz CT molecular complexity index is 322. The maximum Gasteiger partial charge on any atom is 4.00 e. The molecule has 3 nitrogen and oxygen atoms in total. The first-order valence-corrected chi connectivity index (χ1v) is 8.51. The molecule has 1 rings (SSSR count). The molecule has 0 aliphatic heterocycles. The van der Waals surface area contributed by atoms with Gasteiger partial charge in [-0.2, -0.15) is 6.08 Å². The molecule has 0 amide bonds. The maximum atomic E-state index is 3.97. The van der Waals surface area contributed by atoms with Crippen LogP contribution in [0.5, 0.6) is 0 Å². The smallest absolute Gasteiger partial charge is 0.656 e. The van der Waals surface area contributed by atoms with Gasteiger partial charge >= 0.3 is 26.2 Å². The summed E-state index contributed by atoms with van der Waals surface area (Å²) >= 11 is 0. The SMILES string of the molecule is C=CC[N-]CC=C.C=CC[N-]CC=C.C=CC[N-]CC=C.[C-]1=CC=CC1.[Zr+4]. The van der Waals surface area contributed by atoms with Crippen LogP contribution < -0.4 is 0 Å². The minimum atomic E-state index is 0. The van der Waals surface area contributed by atoms with Gasteiger partial charge in [-0.1, -0.05) is 0 Å². The Morgan fingerprint density at radius 3 is 1.04 bits per heavy atom. The third-order valence-electron chi connectivity index (χ3n) is 2.14. The van der Waals surface area contributed by atoms with Crippen LogP contribution in [0.1, 0.15) is 6.42 Å². The third kappa shape index (κ3) is 51.6. The molecule has 0 unspecified atom stereocenters. The molecule has 0 radical (unpaired) electrons. The first-order chi connectivity index (χ1) is 12.7. The largest absolute Gasteiger partial charge is 4.00 e. The molecule has 0 saturated carbocycles. The molecular weight excluding hydrogens is 409 g/mol. The van der Waals surface area contributed by atoms with Gasteiger partial charge in [-0.25, -0.2) is 12.2 Å². The van der Waals surface area contributed by atoms with E-state index in [0.29, 0.717) is 0 Å². The zero-order chi connectivity index (χ0) is 20.1. The Kier molecular flexibility index (Phi) is 48.9. The molecule has 27 heavy (non-hydrogen) atoms. The van der Waals surface area contributed by atoms with E-state index in [1.807, 2.05) is 12.2 Å². The summed E-state index contributed by atoms with van der Waals surface area (Å²) in [7, 11) is 0. The van der Waals surface area contributed by atoms with Crippen molar-refractivity contribution in [3.63, 3.8) is 0 Å². The maximum absolute atomic E-state index is 3.97. The van der Waals surface area contributed by atoms with Gasteiger partial charge in [-0.3, -0.25) is 6.08 Å². The van der Waals surface area contributed by atoms with E-state index in [4.69, 9.17) is 0 Å². The first-order valence-electron chi connectivity index (χ1n) is 8.51. The van der Waals surface area contributed by atoms with Gasteiger partial charge in [0.05, 0.1) is 0 Å². The molecule has 4 heteroatoms. The summed E-state index contributed by atoms with van der Waals surface area (Å²) in [6.45, 7) is 25.5. The number of allylic oxidation sites excluding steroid dienone is 4. The molecule has 0 aromatic carbocycles. The molecule has 0 atom stereocenters. The molecule has 0 saturated heterocycles.